The molecule has 1 aromatic carbocycles. The van der Waals surface area contributed by atoms with E-state index in [9.17, 15) is 0 Å². The topological polar surface area (TPSA) is 80.7 Å². The van der Waals surface area contributed by atoms with Crippen molar-refractivity contribution in [1.29, 1.82) is 0 Å². The zero-order valence-corrected chi connectivity index (χ0v) is 10.0. The van der Waals surface area contributed by atoms with Gasteiger partial charge in [0.1, 0.15) is 5.75 Å². The molecule has 2 aromatic rings. The first-order valence-corrected chi connectivity index (χ1v) is 5.45. The molecular formula is C12H10ClN3O2. The summed E-state index contributed by atoms with van der Waals surface area (Å²) in [6.45, 7) is 0. The van der Waals surface area contributed by atoms with Gasteiger partial charge in [0, 0.05) is 17.8 Å². The molecule has 0 unspecified atom stereocenters. The summed E-state index contributed by atoms with van der Waals surface area (Å²) in [5.74, 6) is 0.789. The minimum Gasteiger partial charge on any atom is -0.437 e. The molecule has 0 fully saturated rings. The minimum absolute atomic E-state index is 0.0126. The van der Waals surface area contributed by atoms with Crippen molar-refractivity contribution in [1.82, 2.24) is 4.98 Å². The number of nitrogens with two attached hydrogens (primary N) is 1. The van der Waals surface area contributed by atoms with Crippen molar-refractivity contribution in [2.24, 2.45) is 10.9 Å². The average molecular weight is 264 g/mol. The number of nitrogens with zero attached hydrogens (tertiary/aromatic N) is 2. The van der Waals surface area contributed by atoms with Crippen LogP contribution < -0.4 is 10.5 Å². The summed E-state index contributed by atoms with van der Waals surface area (Å²) in [5.41, 5.74) is 5.99. The fraction of sp³-hybridized carbons (Fsp3) is 0. The lowest BCUT2D eigenvalue weighted by atomic mass is 10.2. The molecule has 0 atom stereocenters. The summed E-state index contributed by atoms with van der Waals surface area (Å²) >= 11 is 5.96. The number of ether oxygens (including phenoxy) is 1. The van der Waals surface area contributed by atoms with Gasteiger partial charge in [0.05, 0.1) is 5.02 Å². The summed E-state index contributed by atoms with van der Waals surface area (Å²) in [7, 11) is 0. The van der Waals surface area contributed by atoms with Gasteiger partial charge in [-0.05, 0) is 18.2 Å². The van der Waals surface area contributed by atoms with Crippen molar-refractivity contribution in [3.05, 3.63) is 53.2 Å². The van der Waals surface area contributed by atoms with Crippen LogP contribution in [0.1, 0.15) is 5.56 Å². The Bertz CT molecular complexity index is 587. The number of para-hydroxylation sites is 1. The number of amidine groups is 1. The fourth-order valence-electron chi connectivity index (χ4n) is 1.32. The van der Waals surface area contributed by atoms with Crippen LogP contribution in [-0.2, 0) is 0 Å². The Kier molecular flexibility index (Phi) is 3.64. The van der Waals surface area contributed by atoms with Crippen LogP contribution in [0.4, 0.5) is 0 Å². The van der Waals surface area contributed by atoms with E-state index in [1.165, 1.54) is 6.20 Å². The lowest BCUT2D eigenvalue weighted by Crippen LogP contribution is -2.13. The maximum absolute atomic E-state index is 8.59. The van der Waals surface area contributed by atoms with Crippen LogP contribution >= 0.6 is 11.6 Å². The molecule has 0 saturated carbocycles. The number of oxime groups is 1. The zero-order valence-electron chi connectivity index (χ0n) is 9.25. The summed E-state index contributed by atoms with van der Waals surface area (Å²) in [6.07, 6.45) is 1.50. The lowest BCUT2D eigenvalue weighted by Gasteiger charge is -2.07. The van der Waals surface area contributed by atoms with Crippen LogP contribution in [0.5, 0.6) is 11.6 Å². The molecule has 0 aliphatic rings. The minimum atomic E-state index is -0.0126. The Morgan fingerprint density at radius 2 is 2.11 bits per heavy atom. The molecule has 0 bridgehead atoms. The highest BCUT2D eigenvalue weighted by atomic mass is 35.5. The van der Waals surface area contributed by atoms with Gasteiger partial charge in [-0.3, -0.25) is 0 Å². The van der Waals surface area contributed by atoms with Gasteiger partial charge in [0.2, 0.25) is 5.88 Å². The zero-order chi connectivity index (χ0) is 13.0. The Morgan fingerprint density at radius 1 is 1.33 bits per heavy atom. The number of halogens is 1. The predicted molar refractivity (Wildman–Crippen MR) is 68.3 cm³/mol. The molecule has 0 radical (unpaired) electrons. The molecule has 0 amide bonds. The van der Waals surface area contributed by atoms with Gasteiger partial charge in [-0.1, -0.05) is 28.9 Å². The van der Waals surface area contributed by atoms with Crippen molar-refractivity contribution in [2.45, 2.75) is 0 Å². The van der Waals surface area contributed by atoms with Crippen molar-refractivity contribution in [2.75, 3.05) is 0 Å². The third-order valence-corrected chi connectivity index (χ3v) is 2.50. The van der Waals surface area contributed by atoms with Crippen LogP contribution in [0.3, 0.4) is 0 Å². The second kappa shape index (κ2) is 5.37. The number of benzene rings is 1. The van der Waals surface area contributed by atoms with E-state index in [-0.39, 0.29) is 5.84 Å². The van der Waals surface area contributed by atoms with E-state index in [0.29, 0.717) is 22.2 Å². The SMILES string of the molecule is N/C(=N\O)c1ccnc(Oc2ccccc2Cl)c1. The lowest BCUT2D eigenvalue weighted by molar-refractivity contribution is 0.318. The fourth-order valence-corrected chi connectivity index (χ4v) is 1.50. The first-order chi connectivity index (χ1) is 8.70. The van der Waals surface area contributed by atoms with Crippen LogP contribution in [0.2, 0.25) is 5.02 Å². The number of hydrogen-bond donors (Lipinski definition) is 2. The molecule has 1 heterocycles. The van der Waals surface area contributed by atoms with Crippen LogP contribution in [0, 0.1) is 0 Å². The normalized spacial score (nSPS) is 11.3. The van der Waals surface area contributed by atoms with E-state index >= 15 is 0 Å². The molecule has 1 aromatic heterocycles. The number of rotatable bonds is 3. The molecule has 6 heteroatoms. The molecular weight excluding hydrogens is 254 g/mol. The summed E-state index contributed by atoms with van der Waals surface area (Å²) in [6, 6.07) is 10.2. The number of hydrogen-bond acceptors (Lipinski definition) is 4. The third kappa shape index (κ3) is 2.70. The number of pyridine rings is 1. The van der Waals surface area contributed by atoms with Crippen LogP contribution in [-0.4, -0.2) is 16.0 Å². The average Bonchev–Trinajstić information content (AvgIpc) is 2.41. The summed E-state index contributed by atoms with van der Waals surface area (Å²) in [4.78, 5) is 4.02. The Hall–Kier alpha value is -2.27. The maximum atomic E-state index is 8.59. The van der Waals surface area contributed by atoms with Gasteiger partial charge in [-0.2, -0.15) is 0 Å². The molecule has 18 heavy (non-hydrogen) atoms. The standard InChI is InChI=1S/C12H10ClN3O2/c13-9-3-1-2-4-10(9)18-11-7-8(5-6-15-11)12(14)16-17/h1-7,17H,(H2,14,16). The van der Waals surface area contributed by atoms with Crippen molar-refractivity contribution in [3.63, 3.8) is 0 Å². The van der Waals surface area contributed by atoms with Crippen molar-refractivity contribution >= 4 is 17.4 Å². The molecule has 2 rings (SSSR count). The summed E-state index contributed by atoms with van der Waals surface area (Å²) in [5, 5.41) is 12.0. The summed E-state index contributed by atoms with van der Waals surface area (Å²) < 4.78 is 5.51. The molecule has 0 aliphatic carbocycles. The molecule has 3 N–H and O–H groups in total. The highest BCUT2D eigenvalue weighted by Gasteiger charge is 2.05. The van der Waals surface area contributed by atoms with Gasteiger partial charge >= 0.3 is 0 Å². The molecule has 5 nitrogen and oxygen atoms in total. The van der Waals surface area contributed by atoms with E-state index in [0.717, 1.165) is 0 Å². The molecule has 0 aliphatic heterocycles. The second-order valence-corrected chi connectivity index (χ2v) is 3.81. The van der Waals surface area contributed by atoms with Crippen molar-refractivity contribution in [3.8, 4) is 11.6 Å². The molecule has 92 valence electrons. The van der Waals surface area contributed by atoms with Gasteiger partial charge in [-0.15, -0.1) is 0 Å². The Balaban J connectivity index is 2.28. The predicted octanol–water partition coefficient (Wildman–Crippen LogP) is 2.62. The monoisotopic (exact) mass is 263 g/mol. The quantitative estimate of drug-likeness (QED) is 0.386. The van der Waals surface area contributed by atoms with E-state index in [1.807, 2.05) is 0 Å². The second-order valence-electron chi connectivity index (χ2n) is 3.40. The van der Waals surface area contributed by atoms with E-state index < -0.39 is 0 Å². The van der Waals surface area contributed by atoms with Gasteiger partial charge in [0.15, 0.2) is 5.84 Å². The van der Waals surface area contributed by atoms with Gasteiger partial charge < -0.3 is 15.7 Å². The third-order valence-electron chi connectivity index (χ3n) is 2.19. The van der Waals surface area contributed by atoms with Crippen molar-refractivity contribution < 1.29 is 9.94 Å². The van der Waals surface area contributed by atoms with E-state index in [4.69, 9.17) is 27.3 Å². The smallest absolute Gasteiger partial charge is 0.219 e. The van der Waals surface area contributed by atoms with Crippen LogP contribution in [0.25, 0.3) is 0 Å². The maximum Gasteiger partial charge on any atom is 0.219 e. The Labute approximate surface area is 108 Å². The van der Waals surface area contributed by atoms with Gasteiger partial charge in [0.25, 0.3) is 0 Å². The highest BCUT2D eigenvalue weighted by molar-refractivity contribution is 6.32. The van der Waals surface area contributed by atoms with Crippen LogP contribution in [0.15, 0.2) is 47.8 Å². The number of aromatic nitrogens is 1. The molecule has 0 saturated heterocycles. The molecule has 0 spiro atoms. The first-order valence-electron chi connectivity index (χ1n) is 5.07. The van der Waals surface area contributed by atoms with Gasteiger partial charge in [-0.25, -0.2) is 4.98 Å². The Morgan fingerprint density at radius 3 is 2.83 bits per heavy atom. The largest absolute Gasteiger partial charge is 0.437 e. The highest BCUT2D eigenvalue weighted by Crippen LogP contribution is 2.27. The van der Waals surface area contributed by atoms with E-state index in [1.54, 1.807) is 36.4 Å². The first kappa shape index (κ1) is 12.2. The van der Waals surface area contributed by atoms with E-state index in [2.05, 4.69) is 10.1 Å².